The molecule has 1 aliphatic heterocycles. The standard InChI is InChI=1S/C30H32Cl2O7S/c1-17(30(33)34)24-16-39-25-14-22(9-10-23(24)25)38-15-20-7-5-8-21(13-20)26-18(2)27(31)29(28(32)19(26)3)37-11-6-12-40(4,35)36/h5,7-10,13-14,17,24H,6,11-12,15-16H2,1-4H3,(H,33,34)/t17?,24-/m0/s1. The summed E-state index contributed by atoms with van der Waals surface area (Å²) in [5, 5.41) is 10.1. The maximum atomic E-state index is 11.4. The fraction of sp³-hybridized carbons (Fsp3) is 0.367. The second kappa shape index (κ2) is 12.3. The fourth-order valence-electron chi connectivity index (χ4n) is 4.87. The summed E-state index contributed by atoms with van der Waals surface area (Å²) in [7, 11) is -3.08. The van der Waals surface area contributed by atoms with Crippen LogP contribution in [0.2, 0.25) is 10.0 Å². The summed E-state index contributed by atoms with van der Waals surface area (Å²) in [6, 6.07) is 13.4. The van der Waals surface area contributed by atoms with Crippen LogP contribution in [0, 0.1) is 19.8 Å². The summed E-state index contributed by atoms with van der Waals surface area (Å²) in [6.07, 6.45) is 1.53. The van der Waals surface area contributed by atoms with E-state index in [0.717, 1.165) is 33.4 Å². The lowest BCUT2D eigenvalue weighted by Gasteiger charge is -2.19. The third-order valence-electron chi connectivity index (χ3n) is 7.13. The lowest BCUT2D eigenvalue weighted by molar-refractivity contribution is -0.142. The van der Waals surface area contributed by atoms with Crippen LogP contribution in [0.15, 0.2) is 42.5 Å². The van der Waals surface area contributed by atoms with E-state index in [-0.39, 0.29) is 18.3 Å². The number of carboxylic acid groups (broad SMARTS) is 1. The molecule has 0 amide bonds. The van der Waals surface area contributed by atoms with Crippen molar-refractivity contribution < 1.29 is 32.5 Å². The molecule has 214 valence electrons. The minimum Gasteiger partial charge on any atom is -0.492 e. The minimum atomic E-state index is -3.08. The topological polar surface area (TPSA) is 99.1 Å². The number of fused-ring (bicyclic) bond motifs is 1. The Balaban J connectivity index is 1.50. The van der Waals surface area contributed by atoms with Crippen LogP contribution >= 0.6 is 23.2 Å². The molecule has 0 aliphatic carbocycles. The number of halogens is 2. The van der Waals surface area contributed by atoms with Crippen LogP contribution < -0.4 is 14.2 Å². The zero-order chi connectivity index (χ0) is 29.2. The molecule has 3 aromatic rings. The van der Waals surface area contributed by atoms with Crippen molar-refractivity contribution in [2.24, 2.45) is 5.92 Å². The average molecular weight is 608 g/mol. The molecule has 40 heavy (non-hydrogen) atoms. The molecule has 1 aliphatic rings. The number of rotatable bonds is 11. The van der Waals surface area contributed by atoms with Crippen LogP contribution in [0.4, 0.5) is 0 Å². The molecule has 0 fully saturated rings. The molecule has 0 saturated heterocycles. The van der Waals surface area contributed by atoms with Crippen LogP contribution in [-0.2, 0) is 21.2 Å². The van der Waals surface area contributed by atoms with Crippen LogP contribution in [0.1, 0.15) is 41.5 Å². The number of carboxylic acids is 1. The van der Waals surface area contributed by atoms with Crippen molar-refractivity contribution in [3.8, 4) is 28.4 Å². The third kappa shape index (κ3) is 6.67. The molecule has 0 radical (unpaired) electrons. The Bertz CT molecular complexity index is 1510. The van der Waals surface area contributed by atoms with Gasteiger partial charge >= 0.3 is 5.97 Å². The van der Waals surface area contributed by atoms with Crippen molar-refractivity contribution in [3.63, 3.8) is 0 Å². The van der Waals surface area contributed by atoms with Crippen molar-refractivity contribution >= 4 is 39.0 Å². The van der Waals surface area contributed by atoms with E-state index < -0.39 is 21.7 Å². The lowest BCUT2D eigenvalue weighted by Crippen LogP contribution is -2.19. The maximum Gasteiger partial charge on any atom is 0.306 e. The molecule has 1 unspecified atom stereocenters. The predicted molar refractivity (Wildman–Crippen MR) is 157 cm³/mol. The number of ether oxygens (including phenoxy) is 3. The largest absolute Gasteiger partial charge is 0.492 e. The van der Waals surface area contributed by atoms with E-state index in [1.807, 2.05) is 50.2 Å². The van der Waals surface area contributed by atoms with Crippen molar-refractivity contribution in [3.05, 3.63) is 74.8 Å². The summed E-state index contributed by atoms with van der Waals surface area (Å²) in [6.45, 7) is 6.32. The van der Waals surface area contributed by atoms with Crippen LogP contribution in [0.25, 0.3) is 11.1 Å². The van der Waals surface area contributed by atoms with Crippen LogP contribution in [-0.4, -0.2) is 44.7 Å². The first-order chi connectivity index (χ1) is 18.9. The monoisotopic (exact) mass is 606 g/mol. The second-order valence-corrected chi connectivity index (χ2v) is 13.2. The Morgan fingerprint density at radius 1 is 1.10 bits per heavy atom. The molecular formula is C30H32Cl2O7S. The summed E-state index contributed by atoms with van der Waals surface area (Å²) >= 11 is 13.3. The van der Waals surface area contributed by atoms with E-state index in [2.05, 4.69) is 0 Å². The lowest BCUT2D eigenvalue weighted by atomic mass is 9.89. The normalized spacial score (nSPS) is 15.3. The smallest absolute Gasteiger partial charge is 0.306 e. The van der Waals surface area contributed by atoms with Crippen molar-refractivity contribution in [2.45, 2.75) is 39.7 Å². The van der Waals surface area contributed by atoms with Gasteiger partial charge in [0.2, 0.25) is 0 Å². The molecule has 1 heterocycles. The van der Waals surface area contributed by atoms with Crippen molar-refractivity contribution in [2.75, 3.05) is 25.2 Å². The molecule has 3 aromatic carbocycles. The molecular weight excluding hydrogens is 575 g/mol. The second-order valence-electron chi connectivity index (χ2n) is 10.1. The highest BCUT2D eigenvalue weighted by Crippen LogP contribution is 2.45. The number of sulfone groups is 1. The Kier molecular flexibility index (Phi) is 9.22. The Morgan fingerprint density at radius 2 is 1.80 bits per heavy atom. The minimum absolute atomic E-state index is 0.0239. The van der Waals surface area contributed by atoms with E-state index >= 15 is 0 Å². The van der Waals surface area contributed by atoms with Gasteiger partial charge < -0.3 is 19.3 Å². The van der Waals surface area contributed by atoms with Gasteiger partial charge in [0.15, 0.2) is 5.75 Å². The number of hydrogen-bond donors (Lipinski definition) is 1. The molecule has 10 heteroatoms. The van der Waals surface area contributed by atoms with Gasteiger partial charge in [-0.2, -0.15) is 0 Å². The maximum absolute atomic E-state index is 11.4. The van der Waals surface area contributed by atoms with Crippen LogP contribution in [0.5, 0.6) is 17.2 Å². The van der Waals surface area contributed by atoms with E-state index in [0.29, 0.717) is 46.9 Å². The first-order valence-electron chi connectivity index (χ1n) is 12.9. The van der Waals surface area contributed by atoms with E-state index in [4.69, 9.17) is 37.4 Å². The summed E-state index contributed by atoms with van der Waals surface area (Å²) < 4.78 is 40.4. The highest BCUT2D eigenvalue weighted by molar-refractivity contribution is 7.90. The zero-order valence-electron chi connectivity index (χ0n) is 22.8. The van der Waals surface area contributed by atoms with Gasteiger partial charge in [0.05, 0.1) is 34.9 Å². The van der Waals surface area contributed by atoms with Gasteiger partial charge in [0, 0.05) is 23.8 Å². The third-order valence-corrected chi connectivity index (χ3v) is 9.07. The molecule has 0 bridgehead atoms. The van der Waals surface area contributed by atoms with Gasteiger partial charge in [-0.15, -0.1) is 0 Å². The van der Waals surface area contributed by atoms with Crippen molar-refractivity contribution in [1.82, 2.24) is 0 Å². The molecule has 0 saturated carbocycles. The molecule has 4 rings (SSSR count). The van der Waals surface area contributed by atoms with Gasteiger partial charge in [0.25, 0.3) is 0 Å². The van der Waals surface area contributed by atoms with Gasteiger partial charge in [-0.1, -0.05) is 54.4 Å². The molecule has 7 nitrogen and oxygen atoms in total. The average Bonchev–Trinajstić information content (AvgIpc) is 3.33. The van der Waals surface area contributed by atoms with E-state index in [1.54, 1.807) is 13.0 Å². The first kappa shape index (κ1) is 30.0. The van der Waals surface area contributed by atoms with Gasteiger partial charge in [0.1, 0.15) is 27.9 Å². The van der Waals surface area contributed by atoms with E-state index in [9.17, 15) is 18.3 Å². The number of aliphatic carboxylic acids is 1. The zero-order valence-corrected chi connectivity index (χ0v) is 25.1. The van der Waals surface area contributed by atoms with Crippen molar-refractivity contribution in [1.29, 1.82) is 0 Å². The molecule has 2 atom stereocenters. The summed E-state index contributed by atoms with van der Waals surface area (Å²) in [5.74, 6) is 0.0890. The van der Waals surface area contributed by atoms with Crippen LogP contribution in [0.3, 0.4) is 0 Å². The quantitative estimate of drug-likeness (QED) is 0.238. The Hall–Kier alpha value is -2.94. The number of hydrogen-bond acceptors (Lipinski definition) is 6. The molecule has 1 N–H and O–H groups in total. The number of carbonyl (C=O) groups is 1. The van der Waals surface area contributed by atoms with E-state index in [1.165, 1.54) is 6.26 Å². The highest BCUT2D eigenvalue weighted by atomic mass is 35.5. The van der Waals surface area contributed by atoms with Gasteiger partial charge in [-0.25, -0.2) is 8.42 Å². The van der Waals surface area contributed by atoms with Gasteiger partial charge in [-0.05, 0) is 60.2 Å². The highest BCUT2D eigenvalue weighted by Gasteiger charge is 2.33. The molecule has 0 aromatic heterocycles. The first-order valence-corrected chi connectivity index (χ1v) is 15.7. The number of benzene rings is 3. The summed E-state index contributed by atoms with van der Waals surface area (Å²) in [4.78, 5) is 11.4. The predicted octanol–water partition coefficient (Wildman–Crippen LogP) is 6.87. The summed E-state index contributed by atoms with van der Waals surface area (Å²) in [5.41, 5.74) is 5.24. The van der Waals surface area contributed by atoms with Gasteiger partial charge in [-0.3, -0.25) is 4.79 Å². The Labute approximate surface area is 244 Å². The molecule has 0 spiro atoms. The fourth-order valence-corrected chi connectivity index (χ4v) is 6.04. The SMILES string of the molecule is Cc1c(Cl)c(OCCCS(C)(=O)=O)c(Cl)c(C)c1-c1cccc(COc2ccc3c(c2)OC[C@H]3C(C)C(=O)O)c1. The Morgan fingerprint density at radius 3 is 2.45 bits per heavy atom.